The zero-order valence-electron chi connectivity index (χ0n) is 12.7. The highest BCUT2D eigenvalue weighted by Crippen LogP contribution is 2.12. The number of benzene rings is 1. The normalized spacial score (nSPS) is 8.56. The summed E-state index contributed by atoms with van der Waals surface area (Å²) in [4.78, 5) is 0. The minimum atomic E-state index is 0.282. The fourth-order valence-corrected chi connectivity index (χ4v) is 1.29. The van der Waals surface area contributed by atoms with Crippen LogP contribution in [0.3, 0.4) is 0 Å². The van der Waals surface area contributed by atoms with Crippen molar-refractivity contribution in [2.75, 3.05) is 13.2 Å². The molecule has 106 valence electrons. The Hall–Kier alpha value is -1.02. The van der Waals surface area contributed by atoms with Gasteiger partial charge in [-0.25, -0.2) is 0 Å². The summed E-state index contributed by atoms with van der Waals surface area (Å²) in [5.74, 6) is 0.939. The van der Waals surface area contributed by atoms with Crippen LogP contribution in [0.2, 0.25) is 0 Å². The van der Waals surface area contributed by atoms with Crippen molar-refractivity contribution in [2.24, 2.45) is 0 Å². The number of aliphatic hydroxyl groups is 1. The lowest BCUT2D eigenvalue weighted by Crippen LogP contribution is -1.97. The Kier molecular flexibility index (Phi) is 17.2. The Balaban J connectivity index is 0. The van der Waals surface area contributed by atoms with E-state index in [-0.39, 0.29) is 6.61 Å². The molecule has 0 spiro atoms. The SMILES string of the molecule is CC.CC.Cc1cccc(OCCCCCO)c1. The standard InChI is InChI=1S/C12H18O2.2C2H6/c1-11-6-5-7-12(10-11)14-9-4-2-3-8-13;2*1-2/h5-7,10,13H,2-4,8-9H2,1H3;2*1-2H3. The van der Waals surface area contributed by atoms with Gasteiger partial charge in [-0.2, -0.15) is 0 Å². The molecule has 1 N–H and O–H groups in total. The average Bonchev–Trinajstić information content (AvgIpc) is 2.43. The minimum absolute atomic E-state index is 0.282. The van der Waals surface area contributed by atoms with Gasteiger partial charge >= 0.3 is 0 Å². The second-order valence-electron chi connectivity index (χ2n) is 3.45. The quantitative estimate of drug-likeness (QED) is 0.752. The van der Waals surface area contributed by atoms with Crippen LogP contribution in [0.25, 0.3) is 0 Å². The van der Waals surface area contributed by atoms with Gasteiger partial charge in [0, 0.05) is 6.61 Å². The molecular formula is C16H30O2. The van der Waals surface area contributed by atoms with Crippen LogP contribution < -0.4 is 4.74 Å². The molecule has 0 aliphatic rings. The molecule has 1 aromatic carbocycles. The van der Waals surface area contributed by atoms with E-state index in [9.17, 15) is 0 Å². The predicted molar refractivity (Wildman–Crippen MR) is 80.3 cm³/mol. The molecule has 0 fully saturated rings. The number of unbranched alkanes of at least 4 members (excludes halogenated alkanes) is 2. The van der Waals surface area contributed by atoms with Gasteiger partial charge in [0.1, 0.15) is 5.75 Å². The first-order valence-corrected chi connectivity index (χ1v) is 7.13. The van der Waals surface area contributed by atoms with Gasteiger partial charge in [-0.1, -0.05) is 39.8 Å². The maximum absolute atomic E-state index is 8.58. The van der Waals surface area contributed by atoms with Crippen molar-refractivity contribution in [3.8, 4) is 5.75 Å². The zero-order valence-corrected chi connectivity index (χ0v) is 12.7. The van der Waals surface area contributed by atoms with Gasteiger partial charge in [0.2, 0.25) is 0 Å². The van der Waals surface area contributed by atoms with E-state index in [0.717, 1.165) is 31.6 Å². The highest BCUT2D eigenvalue weighted by Gasteiger charge is 1.93. The largest absolute Gasteiger partial charge is 0.494 e. The highest BCUT2D eigenvalue weighted by molar-refractivity contribution is 5.27. The van der Waals surface area contributed by atoms with Crippen molar-refractivity contribution in [1.29, 1.82) is 0 Å². The average molecular weight is 254 g/mol. The maximum Gasteiger partial charge on any atom is 0.119 e. The molecule has 0 aliphatic heterocycles. The second kappa shape index (κ2) is 16.0. The van der Waals surface area contributed by atoms with Gasteiger partial charge in [-0.15, -0.1) is 0 Å². The molecule has 0 amide bonds. The Morgan fingerprint density at radius 1 is 1.00 bits per heavy atom. The number of hydrogen-bond acceptors (Lipinski definition) is 2. The Morgan fingerprint density at radius 2 is 1.67 bits per heavy atom. The van der Waals surface area contributed by atoms with E-state index in [0.29, 0.717) is 0 Å². The first-order valence-electron chi connectivity index (χ1n) is 7.13. The third-order valence-corrected chi connectivity index (χ3v) is 2.06. The van der Waals surface area contributed by atoms with Crippen molar-refractivity contribution < 1.29 is 9.84 Å². The monoisotopic (exact) mass is 254 g/mol. The summed E-state index contributed by atoms with van der Waals surface area (Å²) in [7, 11) is 0. The van der Waals surface area contributed by atoms with Crippen molar-refractivity contribution in [2.45, 2.75) is 53.9 Å². The summed E-state index contributed by atoms with van der Waals surface area (Å²) in [6.07, 6.45) is 2.91. The summed E-state index contributed by atoms with van der Waals surface area (Å²) in [5.41, 5.74) is 1.22. The van der Waals surface area contributed by atoms with Crippen molar-refractivity contribution >= 4 is 0 Å². The van der Waals surface area contributed by atoms with Crippen molar-refractivity contribution in [3.63, 3.8) is 0 Å². The van der Waals surface area contributed by atoms with Gasteiger partial charge in [-0.05, 0) is 43.9 Å². The highest BCUT2D eigenvalue weighted by atomic mass is 16.5. The van der Waals surface area contributed by atoms with E-state index in [2.05, 4.69) is 13.0 Å². The van der Waals surface area contributed by atoms with E-state index < -0.39 is 0 Å². The van der Waals surface area contributed by atoms with Crippen LogP contribution in [0, 0.1) is 6.92 Å². The number of aryl methyl sites for hydroxylation is 1. The molecule has 2 heteroatoms. The minimum Gasteiger partial charge on any atom is -0.494 e. The van der Waals surface area contributed by atoms with Crippen LogP contribution in [-0.2, 0) is 0 Å². The summed E-state index contributed by atoms with van der Waals surface area (Å²) in [6, 6.07) is 8.06. The fraction of sp³-hybridized carbons (Fsp3) is 0.625. The number of ether oxygens (including phenoxy) is 1. The topological polar surface area (TPSA) is 29.5 Å². The molecule has 1 rings (SSSR count). The first kappa shape index (κ1) is 19.3. The molecule has 18 heavy (non-hydrogen) atoms. The number of aliphatic hydroxyl groups excluding tert-OH is 1. The number of hydrogen-bond donors (Lipinski definition) is 1. The molecule has 0 radical (unpaired) electrons. The maximum atomic E-state index is 8.58. The van der Waals surface area contributed by atoms with Gasteiger partial charge in [0.25, 0.3) is 0 Å². The van der Waals surface area contributed by atoms with Crippen molar-refractivity contribution in [3.05, 3.63) is 29.8 Å². The zero-order chi connectivity index (χ0) is 14.2. The lowest BCUT2D eigenvalue weighted by Gasteiger charge is -2.05. The third-order valence-electron chi connectivity index (χ3n) is 2.06. The van der Waals surface area contributed by atoms with Crippen LogP contribution in [0.4, 0.5) is 0 Å². The molecule has 2 nitrogen and oxygen atoms in total. The lowest BCUT2D eigenvalue weighted by molar-refractivity contribution is 0.266. The molecule has 0 heterocycles. The summed E-state index contributed by atoms with van der Waals surface area (Å²) in [6.45, 7) is 11.1. The Bertz CT molecular complexity index is 259. The molecule has 1 aromatic rings. The second-order valence-corrected chi connectivity index (χ2v) is 3.45. The van der Waals surface area contributed by atoms with Crippen LogP contribution in [0.5, 0.6) is 5.75 Å². The molecule has 0 atom stereocenters. The van der Waals surface area contributed by atoms with E-state index in [4.69, 9.17) is 9.84 Å². The van der Waals surface area contributed by atoms with Gasteiger partial charge in [0.15, 0.2) is 0 Å². The fourth-order valence-electron chi connectivity index (χ4n) is 1.29. The molecule has 0 bridgehead atoms. The first-order chi connectivity index (χ1) is 8.83. The smallest absolute Gasteiger partial charge is 0.119 e. The molecule has 0 saturated heterocycles. The summed E-state index contributed by atoms with van der Waals surface area (Å²) in [5, 5.41) is 8.58. The number of rotatable bonds is 6. The van der Waals surface area contributed by atoms with E-state index >= 15 is 0 Å². The van der Waals surface area contributed by atoms with Gasteiger partial charge in [0.05, 0.1) is 6.61 Å². The van der Waals surface area contributed by atoms with Gasteiger partial charge < -0.3 is 9.84 Å². The molecule has 0 unspecified atom stereocenters. The predicted octanol–water partition coefficient (Wildman–Crippen LogP) is 4.59. The lowest BCUT2D eigenvalue weighted by atomic mass is 10.2. The van der Waals surface area contributed by atoms with Crippen LogP contribution in [-0.4, -0.2) is 18.3 Å². The Morgan fingerprint density at radius 3 is 2.22 bits per heavy atom. The molecular weight excluding hydrogens is 224 g/mol. The van der Waals surface area contributed by atoms with E-state index in [1.54, 1.807) is 0 Å². The molecule has 0 aliphatic carbocycles. The molecule has 0 saturated carbocycles. The van der Waals surface area contributed by atoms with E-state index in [1.807, 2.05) is 45.9 Å². The molecule has 0 aromatic heterocycles. The van der Waals surface area contributed by atoms with Crippen LogP contribution in [0.15, 0.2) is 24.3 Å². The van der Waals surface area contributed by atoms with Crippen LogP contribution in [0.1, 0.15) is 52.5 Å². The van der Waals surface area contributed by atoms with Gasteiger partial charge in [-0.3, -0.25) is 0 Å². The summed E-state index contributed by atoms with van der Waals surface area (Å²) < 4.78 is 5.55. The van der Waals surface area contributed by atoms with E-state index in [1.165, 1.54) is 5.56 Å². The third kappa shape index (κ3) is 11.5. The van der Waals surface area contributed by atoms with Crippen molar-refractivity contribution in [1.82, 2.24) is 0 Å². The summed E-state index contributed by atoms with van der Waals surface area (Å²) >= 11 is 0. The Labute approximate surface area is 113 Å². The van der Waals surface area contributed by atoms with Crippen LogP contribution >= 0.6 is 0 Å².